The Kier molecular flexibility index (Phi) is 8.43. The number of Topliss-reactive ketones (excluding diaryl/α,β-unsaturated/α-hetero) is 1. The van der Waals surface area contributed by atoms with Gasteiger partial charge >= 0.3 is 8.25 Å². The third-order valence-corrected chi connectivity index (χ3v) is 3.72. The number of unbranched alkanes of at least 4 members (excludes halogenated alkanes) is 2. The molecule has 20 heavy (non-hydrogen) atoms. The predicted octanol–water partition coefficient (Wildman–Crippen LogP) is 3.39. The highest BCUT2D eigenvalue weighted by Gasteiger charge is 2.13. The molecule has 0 aliphatic carbocycles. The second-order valence-electron chi connectivity index (χ2n) is 5.01. The van der Waals surface area contributed by atoms with E-state index in [1.54, 1.807) is 0 Å². The third-order valence-electron chi connectivity index (χ3n) is 3.33. The van der Waals surface area contributed by atoms with Crippen molar-refractivity contribution in [2.45, 2.75) is 39.0 Å². The van der Waals surface area contributed by atoms with Crippen molar-refractivity contribution in [3.8, 4) is 0 Å². The number of aryl methyl sites for hydroxylation is 1. The van der Waals surface area contributed by atoms with Crippen LogP contribution in [0.1, 0.15) is 38.2 Å². The fourth-order valence-corrected chi connectivity index (χ4v) is 2.30. The van der Waals surface area contributed by atoms with Crippen molar-refractivity contribution in [2.24, 2.45) is 5.92 Å². The van der Waals surface area contributed by atoms with E-state index in [1.807, 2.05) is 25.1 Å². The summed E-state index contributed by atoms with van der Waals surface area (Å²) in [5, 5.41) is 0. The number of hydrogen-bond acceptors (Lipinski definition) is 3. The zero-order valence-corrected chi connectivity index (χ0v) is 12.9. The van der Waals surface area contributed by atoms with E-state index in [2.05, 4.69) is 16.7 Å². The molecule has 0 saturated carbocycles. The minimum atomic E-state index is -2.99. The van der Waals surface area contributed by atoms with E-state index >= 15 is 0 Å². The van der Waals surface area contributed by atoms with Crippen LogP contribution in [0.5, 0.6) is 0 Å². The number of carbonyl (C=O) groups excluding carboxylic acids is 1. The molecule has 112 valence electrons. The summed E-state index contributed by atoms with van der Waals surface area (Å²) in [6.07, 6.45) is 5.08. The molecule has 0 saturated heterocycles. The van der Waals surface area contributed by atoms with Crippen LogP contribution in [-0.2, 0) is 20.3 Å². The molecule has 0 spiro atoms. The Morgan fingerprint density at radius 3 is 2.60 bits per heavy atom. The van der Waals surface area contributed by atoms with Crippen molar-refractivity contribution >= 4 is 14.0 Å². The molecule has 0 heterocycles. The van der Waals surface area contributed by atoms with Gasteiger partial charge in [-0.05, 0) is 24.8 Å². The molecule has 0 amide bonds. The van der Waals surface area contributed by atoms with Gasteiger partial charge in [0.25, 0.3) is 0 Å². The standard InChI is InChI=1S/C15H23O4P/c1-13(15(16)12-19-20(17)18)8-4-2-5-9-14-10-6-3-7-11-14/h3,6-7,10-11,13,20H,2,4-5,8-9,12H2,1H3,(H,17,18). The van der Waals surface area contributed by atoms with Crippen LogP contribution in [0, 0.1) is 5.92 Å². The summed E-state index contributed by atoms with van der Waals surface area (Å²) in [4.78, 5) is 20.1. The highest BCUT2D eigenvalue weighted by Crippen LogP contribution is 2.17. The van der Waals surface area contributed by atoms with E-state index in [0.717, 1.165) is 32.1 Å². The van der Waals surface area contributed by atoms with Gasteiger partial charge < -0.3 is 9.42 Å². The van der Waals surface area contributed by atoms with Gasteiger partial charge in [0.15, 0.2) is 5.78 Å². The average molecular weight is 298 g/mol. The van der Waals surface area contributed by atoms with Crippen molar-refractivity contribution in [1.82, 2.24) is 0 Å². The number of carbonyl (C=O) groups is 1. The number of hydrogen-bond donors (Lipinski definition) is 1. The molecule has 1 aromatic rings. The Morgan fingerprint density at radius 2 is 1.95 bits per heavy atom. The number of rotatable bonds is 10. The zero-order valence-electron chi connectivity index (χ0n) is 11.9. The van der Waals surface area contributed by atoms with Gasteiger partial charge in [-0.15, -0.1) is 0 Å². The normalized spacial score (nSPS) is 13.9. The van der Waals surface area contributed by atoms with Gasteiger partial charge in [-0.1, -0.05) is 50.1 Å². The topological polar surface area (TPSA) is 63.6 Å². The van der Waals surface area contributed by atoms with Crippen LogP contribution in [0.15, 0.2) is 30.3 Å². The zero-order chi connectivity index (χ0) is 14.8. The summed E-state index contributed by atoms with van der Waals surface area (Å²) >= 11 is 0. The number of ketones is 1. The highest BCUT2D eigenvalue weighted by molar-refractivity contribution is 7.32. The molecule has 0 fully saturated rings. The minimum absolute atomic E-state index is 0.0968. The third kappa shape index (κ3) is 7.59. The maximum Gasteiger partial charge on any atom is 0.317 e. The highest BCUT2D eigenvalue weighted by atomic mass is 31.1. The van der Waals surface area contributed by atoms with Crippen molar-refractivity contribution in [3.05, 3.63) is 35.9 Å². The number of benzene rings is 1. The van der Waals surface area contributed by atoms with Gasteiger partial charge in [-0.25, -0.2) is 0 Å². The predicted molar refractivity (Wildman–Crippen MR) is 80.0 cm³/mol. The first kappa shape index (κ1) is 17.1. The lowest BCUT2D eigenvalue weighted by Gasteiger charge is -2.09. The average Bonchev–Trinajstić information content (AvgIpc) is 2.45. The smallest absolute Gasteiger partial charge is 0.317 e. The SMILES string of the molecule is CC(CCCCCc1ccccc1)C(=O)CO[PH](=O)O. The first-order valence-electron chi connectivity index (χ1n) is 7.02. The van der Waals surface area contributed by atoms with Crippen LogP contribution in [0.3, 0.4) is 0 Å². The Hall–Kier alpha value is -0.960. The van der Waals surface area contributed by atoms with Crippen molar-refractivity contribution < 1.29 is 18.8 Å². The monoisotopic (exact) mass is 298 g/mol. The minimum Gasteiger partial charge on any atom is -0.326 e. The summed E-state index contributed by atoms with van der Waals surface area (Å²) in [6.45, 7) is 1.59. The molecule has 1 rings (SSSR count). The van der Waals surface area contributed by atoms with Gasteiger partial charge in [-0.3, -0.25) is 9.36 Å². The molecule has 2 unspecified atom stereocenters. The van der Waals surface area contributed by atoms with Crippen LogP contribution in [0.2, 0.25) is 0 Å². The molecule has 0 aliphatic rings. The fraction of sp³-hybridized carbons (Fsp3) is 0.533. The summed E-state index contributed by atoms with van der Waals surface area (Å²) < 4.78 is 14.8. The Bertz CT molecular complexity index is 419. The maximum atomic E-state index is 11.6. The molecule has 0 radical (unpaired) electrons. The van der Waals surface area contributed by atoms with Crippen molar-refractivity contribution in [2.75, 3.05) is 6.61 Å². The largest absolute Gasteiger partial charge is 0.326 e. The van der Waals surface area contributed by atoms with Gasteiger partial charge in [0.2, 0.25) is 0 Å². The van der Waals surface area contributed by atoms with Crippen LogP contribution < -0.4 is 0 Å². The molecular weight excluding hydrogens is 275 g/mol. The van der Waals surface area contributed by atoms with Crippen LogP contribution >= 0.6 is 8.25 Å². The summed E-state index contributed by atoms with van der Waals surface area (Å²) in [5.74, 6) is -0.200. The summed E-state index contributed by atoms with van der Waals surface area (Å²) in [5.41, 5.74) is 1.35. The first-order valence-corrected chi connectivity index (χ1v) is 8.28. The van der Waals surface area contributed by atoms with E-state index < -0.39 is 8.25 Å². The second-order valence-corrected chi connectivity index (χ2v) is 5.83. The quantitative estimate of drug-likeness (QED) is 0.531. The lowest BCUT2D eigenvalue weighted by molar-refractivity contribution is -0.124. The van der Waals surface area contributed by atoms with E-state index in [9.17, 15) is 9.36 Å². The van der Waals surface area contributed by atoms with Gasteiger partial charge in [0.05, 0.1) is 0 Å². The molecule has 2 atom stereocenters. The van der Waals surface area contributed by atoms with E-state index in [4.69, 9.17) is 4.89 Å². The summed E-state index contributed by atoms with van der Waals surface area (Å²) in [7, 11) is -2.99. The molecule has 1 aromatic carbocycles. The molecule has 1 N–H and O–H groups in total. The van der Waals surface area contributed by atoms with E-state index in [1.165, 1.54) is 5.56 Å². The Labute approximate surface area is 121 Å². The molecule has 4 nitrogen and oxygen atoms in total. The fourth-order valence-electron chi connectivity index (χ4n) is 2.04. The van der Waals surface area contributed by atoms with Crippen LogP contribution in [0.25, 0.3) is 0 Å². The maximum absolute atomic E-state index is 11.6. The van der Waals surface area contributed by atoms with Crippen molar-refractivity contribution in [1.29, 1.82) is 0 Å². The lowest BCUT2D eigenvalue weighted by Crippen LogP contribution is -2.15. The van der Waals surface area contributed by atoms with Gasteiger partial charge in [-0.2, -0.15) is 0 Å². The summed E-state index contributed by atoms with van der Waals surface area (Å²) in [6, 6.07) is 10.4. The van der Waals surface area contributed by atoms with Crippen LogP contribution in [-0.4, -0.2) is 17.3 Å². The Morgan fingerprint density at radius 1 is 1.25 bits per heavy atom. The van der Waals surface area contributed by atoms with E-state index in [-0.39, 0.29) is 18.3 Å². The van der Waals surface area contributed by atoms with Crippen molar-refractivity contribution in [3.63, 3.8) is 0 Å². The molecular formula is C15H23O4P. The first-order chi connectivity index (χ1) is 9.59. The van der Waals surface area contributed by atoms with Gasteiger partial charge in [0.1, 0.15) is 6.61 Å². The Balaban J connectivity index is 2.08. The van der Waals surface area contributed by atoms with E-state index in [0.29, 0.717) is 0 Å². The lowest BCUT2D eigenvalue weighted by atomic mass is 9.98. The molecule has 0 aliphatic heterocycles. The second kappa shape index (κ2) is 9.87. The molecule has 0 aromatic heterocycles. The molecule has 5 heteroatoms. The molecule has 0 bridgehead atoms. The van der Waals surface area contributed by atoms with Gasteiger partial charge in [0, 0.05) is 5.92 Å². The van der Waals surface area contributed by atoms with Crippen LogP contribution in [0.4, 0.5) is 0 Å².